The number of amides is 2. The monoisotopic (exact) mass is 406 g/mol. The summed E-state index contributed by atoms with van der Waals surface area (Å²) >= 11 is 1.27. The lowest BCUT2D eigenvalue weighted by molar-refractivity contribution is -0.146. The summed E-state index contributed by atoms with van der Waals surface area (Å²) in [4.78, 5) is 35.9. The Hall–Kier alpha value is -3.07. The second kappa shape index (κ2) is 10.9. The van der Waals surface area contributed by atoms with Gasteiger partial charge < -0.3 is 20.1 Å². The number of carbonyl (C=O) groups is 3. The molecule has 2 aromatic carbocycles. The second-order valence-electron chi connectivity index (χ2n) is 5.46. The summed E-state index contributed by atoms with van der Waals surface area (Å²) < 4.78 is 22.7. The number of methoxy groups -OCH3 is 1. The van der Waals surface area contributed by atoms with Crippen LogP contribution in [0.5, 0.6) is 5.75 Å². The Morgan fingerprint density at radius 1 is 1.00 bits per heavy atom. The van der Waals surface area contributed by atoms with Crippen molar-refractivity contribution in [1.82, 2.24) is 5.32 Å². The van der Waals surface area contributed by atoms with Crippen molar-refractivity contribution in [2.24, 2.45) is 0 Å². The largest absolute Gasteiger partial charge is 0.497 e. The predicted molar refractivity (Wildman–Crippen MR) is 103 cm³/mol. The van der Waals surface area contributed by atoms with Crippen molar-refractivity contribution >= 4 is 35.2 Å². The van der Waals surface area contributed by atoms with Gasteiger partial charge in [0.15, 0.2) is 6.61 Å². The van der Waals surface area contributed by atoms with E-state index in [-0.39, 0.29) is 12.3 Å². The molecule has 2 amide bonds. The van der Waals surface area contributed by atoms with E-state index in [1.165, 1.54) is 36.0 Å². The molecule has 0 saturated carbocycles. The number of esters is 1. The van der Waals surface area contributed by atoms with E-state index in [0.29, 0.717) is 11.4 Å². The molecule has 2 rings (SSSR count). The van der Waals surface area contributed by atoms with Gasteiger partial charge in [-0.2, -0.15) is 0 Å². The predicted octanol–water partition coefficient (Wildman–Crippen LogP) is 2.22. The summed E-state index contributed by atoms with van der Waals surface area (Å²) in [7, 11) is 1.57. The van der Waals surface area contributed by atoms with E-state index in [1.807, 2.05) is 12.1 Å². The van der Waals surface area contributed by atoms with Crippen molar-refractivity contribution in [3.63, 3.8) is 0 Å². The van der Waals surface area contributed by atoms with Gasteiger partial charge in [0.1, 0.15) is 11.6 Å². The van der Waals surface area contributed by atoms with Crippen molar-refractivity contribution in [3.8, 4) is 5.75 Å². The van der Waals surface area contributed by atoms with E-state index >= 15 is 0 Å². The first-order valence-corrected chi connectivity index (χ1v) is 9.19. The summed E-state index contributed by atoms with van der Waals surface area (Å²) in [5, 5.41) is 4.83. The average Bonchev–Trinajstić information content (AvgIpc) is 2.71. The van der Waals surface area contributed by atoms with Crippen LogP contribution in [0, 0.1) is 5.82 Å². The van der Waals surface area contributed by atoms with Crippen LogP contribution in [0.15, 0.2) is 53.4 Å². The van der Waals surface area contributed by atoms with Crippen molar-refractivity contribution in [3.05, 3.63) is 54.3 Å². The molecule has 0 aliphatic heterocycles. The van der Waals surface area contributed by atoms with Gasteiger partial charge in [0, 0.05) is 10.6 Å². The number of thioether (sulfide) groups is 1. The number of carbonyl (C=O) groups excluding carboxylic acids is 3. The first-order chi connectivity index (χ1) is 13.5. The quantitative estimate of drug-likeness (QED) is 0.490. The Labute approximate surface area is 165 Å². The third kappa shape index (κ3) is 7.67. The van der Waals surface area contributed by atoms with Crippen LogP contribution in [-0.2, 0) is 19.1 Å². The lowest BCUT2D eigenvalue weighted by atomic mass is 10.3. The topological polar surface area (TPSA) is 93.7 Å². The Kier molecular flexibility index (Phi) is 8.29. The summed E-state index contributed by atoms with van der Waals surface area (Å²) in [5.74, 6) is -1.29. The lowest BCUT2D eigenvalue weighted by Crippen LogP contribution is -2.35. The molecule has 0 radical (unpaired) electrons. The van der Waals surface area contributed by atoms with E-state index in [4.69, 9.17) is 9.47 Å². The number of benzene rings is 2. The molecule has 0 aromatic heterocycles. The molecule has 28 heavy (non-hydrogen) atoms. The zero-order valence-corrected chi connectivity index (χ0v) is 15.9. The van der Waals surface area contributed by atoms with Gasteiger partial charge >= 0.3 is 5.97 Å². The zero-order valence-electron chi connectivity index (χ0n) is 15.1. The summed E-state index contributed by atoms with van der Waals surface area (Å²) in [5.41, 5.74) is 0.405. The van der Waals surface area contributed by atoms with Crippen LogP contribution >= 0.6 is 11.8 Å². The first kappa shape index (κ1) is 21.2. The molecule has 2 aromatic rings. The fourth-order valence-electron chi connectivity index (χ4n) is 1.97. The molecule has 0 aliphatic rings. The zero-order chi connectivity index (χ0) is 20.4. The highest BCUT2D eigenvalue weighted by Crippen LogP contribution is 2.21. The number of hydrogen-bond acceptors (Lipinski definition) is 6. The molecule has 0 saturated heterocycles. The van der Waals surface area contributed by atoms with Gasteiger partial charge in [0.05, 0.1) is 19.4 Å². The Morgan fingerprint density at radius 2 is 1.68 bits per heavy atom. The summed E-state index contributed by atoms with van der Waals surface area (Å²) in [6.07, 6.45) is 0. The molecule has 0 fully saturated rings. The Balaban J connectivity index is 1.62. The Morgan fingerprint density at radius 3 is 2.32 bits per heavy atom. The SMILES string of the molecule is COc1ccc(SCC(=O)OCC(=O)NCC(=O)Nc2ccc(F)cc2)cc1. The number of ether oxygens (including phenoxy) is 2. The fourth-order valence-corrected chi connectivity index (χ4v) is 2.67. The van der Waals surface area contributed by atoms with E-state index in [0.717, 1.165) is 4.90 Å². The number of rotatable bonds is 9. The molecule has 0 bridgehead atoms. The number of halogens is 1. The van der Waals surface area contributed by atoms with E-state index in [2.05, 4.69) is 10.6 Å². The van der Waals surface area contributed by atoms with E-state index in [9.17, 15) is 18.8 Å². The molecule has 0 heterocycles. The van der Waals surface area contributed by atoms with Gasteiger partial charge in [-0.1, -0.05) is 0 Å². The molecular formula is C19H19FN2O5S. The molecule has 0 spiro atoms. The normalized spacial score (nSPS) is 10.1. The van der Waals surface area contributed by atoms with E-state index < -0.39 is 30.2 Å². The van der Waals surface area contributed by atoms with Crippen molar-refractivity contribution < 1.29 is 28.2 Å². The van der Waals surface area contributed by atoms with Gasteiger partial charge in [0.25, 0.3) is 5.91 Å². The number of nitrogens with one attached hydrogen (secondary N) is 2. The van der Waals surface area contributed by atoms with Crippen LogP contribution in [0.1, 0.15) is 0 Å². The summed E-state index contributed by atoms with van der Waals surface area (Å²) in [6.45, 7) is -0.778. The third-order valence-corrected chi connectivity index (χ3v) is 4.34. The standard InChI is InChI=1S/C19H19FN2O5S/c1-26-15-6-8-16(9-7-15)28-12-19(25)27-11-18(24)21-10-17(23)22-14-4-2-13(20)3-5-14/h2-9H,10-12H2,1H3,(H,21,24)(H,22,23). The van der Waals surface area contributed by atoms with Gasteiger partial charge in [-0.15, -0.1) is 11.8 Å². The molecule has 0 unspecified atom stereocenters. The van der Waals surface area contributed by atoms with Crippen LogP contribution in [-0.4, -0.2) is 43.8 Å². The fraction of sp³-hybridized carbons (Fsp3) is 0.211. The molecule has 2 N–H and O–H groups in total. The first-order valence-electron chi connectivity index (χ1n) is 8.21. The van der Waals surface area contributed by atoms with E-state index in [1.54, 1.807) is 19.2 Å². The molecular weight excluding hydrogens is 387 g/mol. The van der Waals surface area contributed by atoms with Crippen molar-refractivity contribution in [1.29, 1.82) is 0 Å². The number of anilines is 1. The van der Waals surface area contributed by atoms with Crippen LogP contribution in [0.4, 0.5) is 10.1 Å². The smallest absolute Gasteiger partial charge is 0.316 e. The molecule has 0 atom stereocenters. The van der Waals surface area contributed by atoms with Gasteiger partial charge in [0.2, 0.25) is 5.91 Å². The average molecular weight is 406 g/mol. The maximum absolute atomic E-state index is 12.8. The maximum Gasteiger partial charge on any atom is 0.316 e. The third-order valence-electron chi connectivity index (χ3n) is 3.35. The van der Waals surface area contributed by atoms with Crippen LogP contribution in [0.3, 0.4) is 0 Å². The van der Waals surface area contributed by atoms with Gasteiger partial charge in [-0.25, -0.2) is 4.39 Å². The molecule has 9 heteroatoms. The summed E-state index contributed by atoms with van der Waals surface area (Å²) in [6, 6.07) is 12.4. The van der Waals surface area contributed by atoms with Crippen LogP contribution in [0.2, 0.25) is 0 Å². The van der Waals surface area contributed by atoms with Gasteiger partial charge in [-0.3, -0.25) is 14.4 Å². The van der Waals surface area contributed by atoms with Crippen molar-refractivity contribution in [2.75, 3.05) is 31.3 Å². The molecule has 7 nitrogen and oxygen atoms in total. The maximum atomic E-state index is 12.8. The Bertz CT molecular complexity index is 812. The number of hydrogen-bond donors (Lipinski definition) is 2. The highest BCUT2D eigenvalue weighted by molar-refractivity contribution is 8.00. The minimum atomic E-state index is -0.600. The lowest BCUT2D eigenvalue weighted by Gasteiger charge is -2.08. The molecule has 0 aliphatic carbocycles. The minimum absolute atomic E-state index is 0.0463. The van der Waals surface area contributed by atoms with Crippen LogP contribution in [0.25, 0.3) is 0 Å². The van der Waals surface area contributed by atoms with Gasteiger partial charge in [-0.05, 0) is 48.5 Å². The van der Waals surface area contributed by atoms with Crippen LogP contribution < -0.4 is 15.4 Å². The molecule has 148 valence electrons. The highest BCUT2D eigenvalue weighted by atomic mass is 32.2. The van der Waals surface area contributed by atoms with Crippen molar-refractivity contribution in [2.45, 2.75) is 4.90 Å². The second-order valence-corrected chi connectivity index (χ2v) is 6.51. The minimum Gasteiger partial charge on any atom is -0.497 e. The highest BCUT2D eigenvalue weighted by Gasteiger charge is 2.10.